The molecule has 3 aromatic rings. The molecule has 0 bridgehead atoms. The summed E-state index contributed by atoms with van der Waals surface area (Å²) >= 11 is 6.50. The van der Waals surface area contributed by atoms with Gasteiger partial charge in [0.25, 0.3) is 5.91 Å². The van der Waals surface area contributed by atoms with Crippen LogP contribution in [0, 0.1) is 5.92 Å². The van der Waals surface area contributed by atoms with Gasteiger partial charge in [-0.05, 0) is 55.2 Å². The number of hydrogen-bond acceptors (Lipinski definition) is 4. The average molecular weight is 421 g/mol. The van der Waals surface area contributed by atoms with Crippen LogP contribution < -0.4 is 10.2 Å². The van der Waals surface area contributed by atoms with Gasteiger partial charge in [-0.1, -0.05) is 17.7 Å². The quantitative estimate of drug-likeness (QED) is 0.620. The maximum Gasteiger partial charge on any atom is 0.257 e. The van der Waals surface area contributed by atoms with Gasteiger partial charge in [-0.2, -0.15) is 0 Å². The third-order valence-electron chi connectivity index (χ3n) is 5.00. The largest absolute Gasteiger partial charge is 0.321 e. The minimum atomic E-state index is -0.257. The van der Waals surface area contributed by atoms with Gasteiger partial charge in [-0.25, -0.2) is 0 Å². The number of halogens is 1. The van der Waals surface area contributed by atoms with Crippen LogP contribution in [-0.4, -0.2) is 28.3 Å². The highest BCUT2D eigenvalue weighted by Crippen LogP contribution is 2.35. The molecule has 2 amide bonds. The number of nitrogens with zero attached hydrogens (tertiary/aromatic N) is 3. The van der Waals surface area contributed by atoms with Crippen LogP contribution in [0.4, 0.5) is 11.4 Å². The van der Waals surface area contributed by atoms with Crippen molar-refractivity contribution in [2.75, 3.05) is 16.8 Å². The first kappa shape index (κ1) is 20.0. The molecule has 0 saturated heterocycles. The molecular formula is C23H21ClN4O2. The van der Waals surface area contributed by atoms with E-state index in [9.17, 15) is 9.59 Å². The molecule has 2 heterocycles. The van der Waals surface area contributed by atoms with Gasteiger partial charge in [0.1, 0.15) is 0 Å². The summed E-state index contributed by atoms with van der Waals surface area (Å²) in [5.41, 5.74) is 3.29. The Morgan fingerprint density at radius 2 is 2.00 bits per heavy atom. The molecule has 0 spiro atoms. The molecule has 0 unspecified atom stereocenters. The van der Waals surface area contributed by atoms with Crippen LogP contribution in [0.25, 0.3) is 11.3 Å². The lowest BCUT2D eigenvalue weighted by Crippen LogP contribution is -2.30. The predicted octanol–water partition coefficient (Wildman–Crippen LogP) is 4.81. The lowest BCUT2D eigenvalue weighted by atomic mass is 10.1. The molecule has 1 aromatic carbocycles. The number of pyridine rings is 2. The number of carbonyl (C=O) groups is 2. The SMILES string of the molecule is CC(=O)N(CC1CC1)c1ccc(-c2ccc(C(=O)Nc3cccnc3)cn2)cc1Cl. The van der Waals surface area contributed by atoms with Gasteiger partial charge in [-0.15, -0.1) is 0 Å². The van der Waals surface area contributed by atoms with E-state index in [1.54, 1.807) is 54.5 Å². The maximum absolute atomic E-state index is 12.4. The van der Waals surface area contributed by atoms with E-state index in [0.29, 0.717) is 40.1 Å². The van der Waals surface area contributed by atoms with E-state index in [4.69, 9.17) is 11.6 Å². The monoisotopic (exact) mass is 420 g/mol. The molecule has 1 N–H and O–H groups in total. The van der Waals surface area contributed by atoms with Crippen molar-refractivity contribution in [1.82, 2.24) is 9.97 Å². The summed E-state index contributed by atoms with van der Waals surface area (Å²) in [7, 11) is 0. The molecule has 152 valence electrons. The van der Waals surface area contributed by atoms with Gasteiger partial charge < -0.3 is 10.2 Å². The Morgan fingerprint density at radius 3 is 2.60 bits per heavy atom. The Bertz CT molecular complexity index is 1070. The van der Waals surface area contributed by atoms with Crippen LogP contribution in [0.2, 0.25) is 5.02 Å². The minimum Gasteiger partial charge on any atom is -0.321 e. The summed E-state index contributed by atoms with van der Waals surface area (Å²) in [5.74, 6) is 0.294. The number of nitrogens with one attached hydrogen (secondary N) is 1. The number of benzene rings is 1. The highest BCUT2D eigenvalue weighted by Gasteiger charge is 2.27. The predicted molar refractivity (Wildman–Crippen MR) is 118 cm³/mol. The fourth-order valence-corrected chi connectivity index (χ4v) is 3.46. The molecule has 30 heavy (non-hydrogen) atoms. The van der Waals surface area contributed by atoms with Gasteiger partial charge in [0.05, 0.1) is 33.9 Å². The number of aromatic nitrogens is 2. The Balaban J connectivity index is 1.50. The fourth-order valence-electron chi connectivity index (χ4n) is 3.18. The third kappa shape index (κ3) is 4.66. The van der Waals surface area contributed by atoms with Gasteiger partial charge in [-0.3, -0.25) is 19.6 Å². The van der Waals surface area contributed by atoms with Crippen molar-refractivity contribution < 1.29 is 9.59 Å². The summed E-state index contributed by atoms with van der Waals surface area (Å²) in [6, 6.07) is 12.6. The molecule has 1 fully saturated rings. The summed E-state index contributed by atoms with van der Waals surface area (Å²) in [6.07, 6.45) is 7.06. The summed E-state index contributed by atoms with van der Waals surface area (Å²) in [6.45, 7) is 2.26. The highest BCUT2D eigenvalue weighted by atomic mass is 35.5. The van der Waals surface area contributed by atoms with Crippen LogP contribution in [0.5, 0.6) is 0 Å². The van der Waals surface area contributed by atoms with E-state index in [-0.39, 0.29) is 11.8 Å². The number of hydrogen-bond donors (Lipinski definition) is 1. The molecule has 2 aromatic heterocycles. The molecular weight excluding hydrogens is 400 g/mol. The van der Waals surface area contributed by atoms with E-state index in [0.717, 1.165) is 18.4 Å². The minimum absolute atomic E-state index is 0.0151. The smallest absolute Gasteiger partial charge is 0.257 e. The van der Waals surface area contributed by atoms with Crippen LogP contribution in [0.15, 0.2) is 61.1 Å². The van der Waals surface area contributed by atoms with Crippen molar-refractivity contribution in [3.05, 3.63) is 71.6 Å². The molecule has 4 rings (SSSR count). The molecule has 7 heteroatoms. The standard InChI is InChI=1S/C23H21ClN4O2/c1-15(29)28(14-16-4-5-16)22-9-7-17(11-20(22)24)21-8-6-18(12-26-21)23(30)27-19-3-2-10-25-13-19/h2-3,6-13,16H,4-5,14H2,1H3,(H,27,30). The first-order valence-electron chi connectivity index (χ1n) is 9.77. The van der Waals surface area contributed by atoms with Crippen LogP contribution >= 0.6 is 11.6 Å². The van der Waals surface area contributed by atoms with Gasteiger partial charge >= 0.3 is 0 Å². The second-order valence-corrected chi connectivity index (χ2v) is 7.77. The number of carbonyl (C=O) groups excluding carboxylic acids is 2. The third-order valence-corrected chi connectivity index (χ3v) is 5.30. The summed E-state index contributed by atoms with van der Waals surface area (Å²) in [4.78, 5) is 34.5. The van der Waals surface area contributed by atoms with Crippen LogP contribution in [0.3, 0.4) is 0 Å². The lowest BCUT2D eigenvalue weighted by molar-refractivity contribution is -0.116. The summed E-state index contributed by atoms with van der Waals surface area (Å²) < 4.78 is 0. The Hall–Kier alpha value is -3.25. The van der Waals surface area contributed by atoms with Crippen molar-refractivity contribution in [2.45, 2.75) is 19.8 Å². The number of anilines is 2. The van der Waals surface area contributed by atoms with Gasteiger partial charge in [0.15, 0.2) is 0 Å². The Morgan fingerprint density at radius 1 is 1.17 bits per heavy atom. The number of amides is 2. The molecule has 0 atom stereocenters. The molecule has 0 radical (unpaired) electrons. The van der Waals surface area contributed by atoms with E-state index < -0.39 is 0 Å². The molecule has 1 aliphatic carbocycles. The van der Waals surface area contributed by atoms with E-state index in [1.807, 2.05) is 12.1 Å². The topological polar surface area (TPSA) is 75.2 Å². The molecule has 0 aliphatic heterocycles. The Kier molecular flexibility index (Phi) is 5.77. The van der Waals surface area contributed by atoms with E-state index in [2.05, 4.69) is 15.3 Å². The lowest BCUT2D eigenvalue weighted by Gasteiger charge is -2.22. The fraction of sp³-hybridized carbons (Fsp3) is 0.217. The van der Waals surface area contributed by atoms with Crippen LogP contribution in [-0.2, 0) is 4.79 Å². The van der Waals surface area contributed by atoms with Crippen molar-refractivity contribution in [1.29, 1.82) is 0 Å². The highest BCUT2D eigenvalue weighted by molar-refractivity contribution is 6.34. The Labute approximate surface area is 179 Å². The normalized spacial score (nSPS) is 13.0. The van der Waals surface area contributed by atoms with Gasteiger partial charge in [0, 0.05) is 31.4 Å². The van der Waals surface area contributed by atoms with Crippen molar-refractivity contribution in [3.63, 3.8) is 0 Å². The molecule has 1 saturated carbocycles. The van der Waals surface area contributed by atoms with Gasteiger partial charge in [0.2, 0.25) is 5.91 Å². The van der Waals surface area contributed by atoms with Crippen molar-refractivity contribution >= 4 is 34.8 Å². The molecule has 6 nitrogen and oxygen atoms in total. The first-order valence-corrected chi connectivity index (χ1v) is 10.1. The second-order valence-electron chi connectivity index (χ2n) is 7.37. The van der Waals surface area contributed by atoms with E-state index in [1.165, 1.54) is 6.20 Å². The zero-order valence-electron chi connectivity index (χ0n) is 16.5. The maximum atomic E-state index is 12.4. The molecule has 1 aliphatic rings. The number of rotatable bonds is 6. The van der Waals surface area contributed by atoms with Crippen molar-refractivity contribution in [3.8, 4) is 11.3 Å². The second kappa shape index (κ2) is 8.63. The van der Waals surface area contributed by atoms with E-state index >= 15 is 0 Å². The summed E-state index contributed by atoms with van der Waals surface area (Å²) in [5, 5.41) is 3.28. The van der Waals surface area contributed by atoms with Crippen molar-refractivity contribution in [2.24, 2.45) is 5.92 Å². The zero-order valence-corrected chi connectivity index (χ0v) is 17.3. The average Bonchev–Trinajstić information content (AvgIpc) is 3.57. The first-order chi connectivity index (χ1) is 14.5. The zero-order chi connectivity index (χ0) is 21.1. The van der Waals surface area contributed by atoms with Crippen LogP contribution in [0.1, 0.15) is 30.1 Å².